The molecular formula is C8H15N3O2S. The first-order chi connectivity index (χ1) is 6.77. The number of aromatic nitrogens is 2. The Morgan fingerprint density at radius 3 is 3.07 bits per heavy atom. The van der Waals surface area contributed by atoms with Crippen LogP contribution in [-0.4, -0.2) is 29.3 Å². The Hall–Kier alpha value is -0.590. The van der Waals surface area contributed by atoms with Crippen molar-refractivity contribution in [1.29, 1.82) is 0 Å². The Morgan fingerprint density at radius 2 is 2.43 bits per heavy atom. The van der Waals surface area contributed by atoms with Crippen molar-refractivity contribution in [3.63, 3.8) is 0 Å². The second-order valence-electron chi connectivity index (χ2n) is 2.87. The van der Waals surface area contributed by atoms with E-state index in [1.54, 1.807) is 18.9 Å². The van der Waals surface area contributed by atoms with Gasteiger partial charge in [0.2, 0.25) is 5.89 Å². The Balaban J connectivity index is 2.48. The van der Waals surface area contributed by atoms with Gasteiger partial charge in [-0.05, 0) is 18.4 Å². The molecule has 0 aromatic carbocycles. The Morgan fingerprint density at radius 1 is 1.64 bits per heavy atom. The zero-order valence-electron chi connectivity index (χ0n) is 8.40. The lowest BCUT2D eigenvalue weighted by Crippen LogP contribution is -2.11. The van der Waals surface area contributed by atoms with Crippen molar-refractivity contribution >= 4 is 11.8 Å². The summed E-state index contributed by atoms with van der Waals surface area (Å²) in [6.45, 7) is 0.360. The van der Waals surface area contributed by atoms with E-state index in [-0.39, 0.29) is 6.04 Å². The van der Waals surface area contributed by atoms with Crippen molar-refractivity contribution in [1.82, 2.24) is 10.1 Å². The van der Waals surface area contributed by atoms with Crippen molar-refractivity contribution in [3.8, 4) is 0 Å². The summed E-state index contributed by atoms with van der Waals surface area (Å²) in [7, 11) is 1.59. The van der Waals surface area contributed by atoms with E-state index in [9.17, 15) is 0 Å². The predicted octanol–water partition coefficient (Wildman–Crippen LogP) is 0.969. The van der Waals surface area contributed by atoms with Crippen LogP contribution >= 0.6 is 11.8 Å². The quantitative estimate of drug-likeness (QED) is 0.765. The number of hydrogen-bond donors (Lipinski definition) is 1. The number of thioether (sulfide) groups is 1. The van der Waals surface area contributed by atoms with Crippen molar-refractivity contribution in [2.75, 3.05) is 19.1 Å². The Labute approximate surface area is 87.4 Å². The van der Waals surface area contributed by atoms with Crippen LogP contribution < -0.4 is 5.73 Å². The maximum absolute atomic E-state index is 5.84. The third-order valence-corrected chi connectivity index (χ3v) is 2.35. The number of nitrogens with two attached hydrogens (primary N) is 1. The summed E-state index contributed by atoms with van der Waals surface area (Å²) >= 11 is 1.75. The molecule has 0 unspecified atom stereocenters. The minimum Gasteiger partial charge on any atom is -0.377 e. The molecule has 1 atom stereocenters. The molecule has 0 saturated carbocycles. The molecule has 1 aromatic rings. The van der Waals surface area contributed by atoms with Crippen LogP contribution in [0.3, 0.4) is 0 Å². The standard InChI is InChI=1S/C8H15N3O2S/c1-12-5-7-10-8(13-11-7)6(9)3-4-14-2/h6H,3-5,9H2,1-2H3/t6-/m0/s1. The van der Waals surface area contributed by atoms with Gasteiger partial charge in [0, 0.05) is 7.11 Å². The van der Waals surface area contributed by atoms with Gasteiger partial charge in [-0.2, -0.15) is 16.7 Å². The first kappa shape index (κ1) is 11.5. The molecule has 14 heavy (non-hydrogen) atoms. The van der Waals surface area contributed by atoms with Gasteiger partial charge in [-0.15, -0.1) is 0 Å². The van der Waals surface area contributed by atoms with Crippen molar-refractivity contribution in [3.05, 3.63) is 11.7 Å². The zero-order chi connectivity index (χ0) is 10.4. The molecule has 0 aliphatic rings. The highest BCUT2D eigenvalue weighted by Crippen LogP contribution is 2.13. The maximum Gasteiger partial charge on any atom is 0.243 e. The monoisotopic (exact) mass is 217 g/mol. The summed E-state index contributed by atoms with van der Waals surface area (Å²) in [6, 6.07) is -0.166. The second-order valence-corrected chi connectivity index (χ2v) is 3.86. The van der Waals surface area contributed by atoms with Gasteiger partial charge in [0.15, 0.2) is 5.82 Å². The topological polar surface area (TPSA) is 74.2 Å². The van der Waals surface area contributed by atoms with Gasteiger partial charge < -0.3 is 15.0 Å². The van der Waals surface area contributed by atoms with Crippen molar-refractivity contribution in [2.24, 2.45) is 5.73 Å². The van der Waals surface area contributed by atoms with Gasteiger partial charge in [-0.25, -0.2) is 0 Å². The summed E-state index contributed by atoms with van der Waals surface area (Å²) < 4.78 is 9.87. The summed E-state index contributed by atoms with van der Waals surface area (Å²) in [4.78, 5) is 4.12. The van der Waals surface area contributed by atoms with Gasteiger partial charge in [0.05, 0.1) is 6.04 Å². The molecule has 2 N–H and O–H groups in total. The van der Waals surface area contributed by atoms with Gasteiger partial charge in [-0.1, -0.05) is 5.16 Å². The number of ether oxygens (including phenoxy) is 1. The molecule has 80 valence electrons. The highest BCUT2D eigenvalue weighted by atomic mass is 32.2. The molecule has 0 aliphatic heterocycles. The Kier molecular flexibility index (Phi) is 4.92. The van der Waals surface area contributed by atoms with Crippen LogP contribution in [0.15, 0.2) is 4.52 Å². The van der Waals surface area contributed by atoms with Gasteiger partial charge in [-0.3, -0.25) is 0 Å². The van der Waals surface area contributed by atoms with E-state index in [0.717, 1.165) is 12.2 Å². The number of nitrogens with zero attached hydrogens (tertiary/aromatic N) is 2. The van der Waals surface area contributed by atoms with Gasteiger partial charge >= 0.3 is 0 Å². The third kappa shape index (κ3) is 3.28. The van der Waals surface area contributed by atoms with Crippen LogP contribution in [0.4, 0.5) is 0 Å². The van der Waals surface area contributed by atoms with Crippen LogP contribution in [0.2, 0.25) is 0 Å². The van der Waals surface area contributed by atoms with Crippen LogP contribution in [-0.2, 0) is 11.3 Å². The zero-order valence-corrected chi connectivity index (χ0v) is 9.21. The molecule has 1 heterocycles. The van der Waals surface area contributed by atoms with E-state index in [2.05, 4.69) is 10.1 Å². The molecule has 0 amide bonds. The van der Waals surface area contributed by atoms with E-state index in [1.807, 2.05) is 6.26 Å². The number of methoxy groups -OCH3 is 1. The van der Waals surface area contributed by atoms with Crippen LogP contribution in [0.1, 0.15) is 24.2 Å². The SMILES string of the molecule is COCc1noc([C@@H](N)CCSC)n1. The first-order valence-corrected chi connectivity index (χ1v) is 5.73. The molecular weight excluding hydrogens is 202 g/mol. The Bertz CT molecular complexity index is 267. The average Bonchev–Trinajstić information content (AvgIpc) is 2.63. The van der Waals surface area contributed by atoms with E-state index in [0.29, 0.717) is 18.3 Å². The van der Waals surface area contributed by atoms with E-state index in [4.69, 9.17) is 15.0 Å². The van der Waals surface area contributed by atoms with E-state index < -0.39 is 0 Å². The molecule has 0 fully saturated rings. The normalized spacial score (nSPS) is 13.1. The molecule has 0 radical (unpaired) electrons. The van der Waals surface area contributed by atoms with Crippen molar-refractivity contribution < 1.29 is 9.26 Å². The molecule has 6 heteroatoms. The summed E-state index contributed by atoms with van der Waals surface area (Å²) in [5.74, 6) is 2.02. The third-order valence-electron chi connectivity index (χ3n) is 1.71. The van der Waals surface area contributed by atoms with Gasteiger partial charge in [0.25, 0.3) is 0 Å². The fraction of sp³-hybridized carbons (Fsp3) is 0.750. The smallest absolute Gasteiger partial charge is 0.243 e. The van der Waals surface area contributed by atoms with Gasteiger partial charge in [0.1, 0.15) is 6.61 Å². The van der Waals surface area contributed by atoms with Crippen LogP contribution in [0, 0.1) is 0 Å². The number of rotatable bonds is 6. The minimum atomic E-state index is -0.166. The van der Waals surface area contributed by atoms with E-state index >= 15 is 0 Å². The van der Waals surface area contributed by atoms with Crippen LogP contribution in [0.25, 0.3) is 0 Å². The fourth-order valence-corrected chi connectivity index (χ4v) is 1.46. The first-order valence-electron chi connectivity index (χ1n) is 4.34. The van der Waals surface area contributed by atoms with Crippen molar-refractivity contribution in [2.45, 2.75) is 19.1 Å². The minimum absolute atomic E-state index is 0.166. The summed E-state index contributed by atoms with van der Waals surface area (Å²) in [6.07, 6.45) is 2.88. The summed E-state index contributed by atoms with van der Waals surface area (Å²) in [5.41, 5.74) is 5.84. The lowest BCUT2D eigenvalue weighted by atomic mass is 10.2. The highest BCUT2D eigenvalue weighted by Gasteiger charge is 2.13. The second kappa shape index (κ2) is 6.00. The lowest BCUT2D eigenvalue weighted by molar-refractivity contribution is 0.174. The fourth-order valence-electron chi connectivity index (χ4n) is 0.974. The average molecular weight is 217 g/mol. The summed E-state index contributed by atoms with van der Waals surface area (Å²) in [5, 5.41) is 3.74. The van der Waals surface area contributed by atoms with E-state index in [1.165, 1.54) is 0 Å². The predicted molar refractivity (Wildman–Crippen MR) is 54.9 cm³/mol. The molecule has 0 bridgehead atoms. The molecule has 0 spiro atoms. The molecule has 0 saturated heterocycles. The van der Waals surface area contributed by atoms with Crippen LogP contribution in [0.5, 0.6) is 0 Å². The molecule has 1 aromatic heterocycles. The largest absolute Gasteiger partial charge is 0.377 e. The maximum atomic E-state index is 5.84. The lowest BCUT2D eigenvalue weighted by Gasteiger charge is -2.03. The number of hydrogen-bond acceptors (Lipinski definition) is 6. The molecule has 0 aliphatic carbocycles. The molecule has 5 nitrogen and oxygen atoms in total. The highest BCUT2D eigenvalue weighted by molar-refractivity contribution is 7.98. The molecule has 1 rings (SSSR count).